The number of hydrogen-bond acceptors (Lipinski definition) is 3. The quantitative estimate of drug-likeness (QED) is 0.613. The van der Waals surface area contributed by atoms with Crippen molar-refractivity contribution in [2.24, 2.45) is 0 Å². The molecule has 3 rings (SSSR count). The largest absolute Gasteiger partial charge is 0.296 e. The molecule has 0 aliphatic carbocycles. The normalized spacial score (nSPS) is 16.8. The molecule has 1 aliphatic heterocycles. The van der Waals surface area contributed by atoms with E-state index in [4.69, 9.17) is 12.2 Å². The molecule has 0 spiro atoms. The first-order valence-electron chi connectivity index (χ1n) is 6.52. The highest BCUT2D eigenvalue weighted by Gasteiger charge is 2.28. The molecule has 2 aromatic rings. The molecule has 0 saturated carbocycles. The van der Waals surface area contributed by atoms with Crippen molar-refractivity contribution in [2.45, 2.75) is 0 Å². The van der Waals surface area contributed by atoms with E-state index in [-0.39, 0.29) is 5.91 Å². The summed E-state index contributed by atoms with van der Waals surface area (Å²) >= 11 is 6.47. The third-order valence-electron chi connectivity index (χ3n) is 3.30. The molecule has 1 heterocycles. The van der Waals surface area contributed by atoms with Crippen molar-refractivity contribution in [1.82, 2.24) is 4.90 Å². The van der Waals surface area contributed by atoms with Crippen LogP contribution in [-0.4, -0.2) is 22.2 Å². The molecule has 1 saturated heterocycles. The van der Waals surface area contributed by atoms with Gasteiger partial charge in [0.2, 0.25) is 0 Å². The number of thiocarbonyl (C=S) groups is 1. The van der Waals surface area contributed by atoms with Gasteiger partial charge in [0.05, 0.1) is 4.91 Å². The SMILES string of the molecule is CN1C(=O)/C(=C\c2ccc(-c3ccccc3)cc2)SC1=S. The fraction of sp³-hybridized carbons (Fsp3) is 0.0588. The predicted octanol–water partition coefficient (Wildman–Crippen LogP) is 4.18. The van der Waals surface area contributed by atoms with Gasteiger partial charge >= 0.3 is 0 Å². The monoisotopic (exact) mass is 311 g/mol. The van der Waals surface area contributed by atoms with Gasteiger partial charge in [-0.25, -0.2) is 0 Å². The van der Waals surface area contributed by atoms with Crippen molar-refractivity contribution in [3.05, 3.63) is 65.1 Å². The number of benzene rings is 2. The van der Waals surface area contributed by atoms with Crippen LogP contribution < -0.4 is 0 Å². The number of rotatable bonds is 2. The van der Waals surface area contributed by atoms with E-state index in [1.807, 2.05) is 36.4 Å². The minimum atomic E-state index is -0.0304. The lowest BCUT2D eigenvalue weighted by atomic mass is 10.0. The molecule has 1 fully saturated rings. The van der Waals surface area contributed by atoms with Crippen LogP contribution in [0.25, 0.3) is 17.2 Å². The molecule has 0 radical (unpaired) electrons. The molecule has 2 nitrogen and oxygen atoms in total. The molecule has 21 heavy (non-hydrogen) atoms. The number of thioether (sulfide) groups is 1. The Bertz CT molecular complexity index is 720. The number of carbonyl (C=O) groups excluding carboxylic acids is 1. The first-order valence-corrected chi connectivity index (χ1v) is 7.75. The van der Waals surface area contributed by atoms with Gasteiger partial charge in [0.15, 0.2) is 0 Å². The highest BCUT2D eigenvalue weighted by Crippen LogP contribution is 2.31. The summed E-state index contributed by atoms with van der Waals surface area (Å²) in [4.78, 5) is 14.1. The standard InChI is InChI=1S/C17H13NOS2/c1-18-16(19)15(21-17(18)20)11-12-7-9-14(10-8-12)13-5-3-2-4-6-13/h2-11H,1H3/b15-11+. The van der Waals surface area contributed by atoms with Gasteiger partial charge in [-0.3, -0.25) is 9.69 Å². The van der Waals surface area contributed by atoms with Crippen LogP contribution in [0, 0.1) is 0 Å². The van der Waals surface area contributed by atoms with Crippen LogP contribution in [0.1, 0.15) is 5.56 Å². The van der Waals surface area contributed by atoms with Crippen LogP contribution in [0.15, 0.2) is 59.5 Å². The molecule has 2 aromatic carbocycles. The van der Waals surface area contributed by atoms with Crippen molar-refractivity contribution in [1.29, 1.82) is 0 Å². The maximum atomic E-state index is 12.0. The Kier molecular flexibility index (Phi) is 3.90. The molecule has 0 bridgehead atoms. The van der Waals surface area contributed by atoms with E-state index in [1.54, 1.807) is 7.05 Å². The van der Waals surface area contributed by atoms with E-state index < -0.39 is 0 Å². The predicted molar refractivity (Wildman–Crippen MR) is 92.8 cm³/mol. The number of nitrogens with zero attached hydrogens (tertiary/aromatic N) is 1. The Labute approximate surface area is 133 Å². The number of amides is 1. The number of likely N-dealkylation sites (N-methyl/N-ethyl adjacent to an activating group) is 1. The molecule has 104 valence electrons. The van der Waals surface area contributed by atoms with Crippen LogP contribution in [0.3, 0.4) is 0 Å². The smallest absolute Gasteiger partial charge is 0.265 e. The Morgan fingerprint density at radius 3 is 2.19 bits per heavy atom. The van der Waals surface area contributed by atoms with Crippen molar-refractivity contribution in [3.63, 3.8) is 0 Å². The van der Waals surface area contributed by atoms with Crippen molar-refractivity contribution in [3.8, 4) is 11.1 Å². The van der Waals surface area contributed by atoms with Gasteiger partial charge in [0.25, 0.3) is 5.91 Å². The molecule has 0 N–H and O–H groups in total. The molecule has 1 aliphatic rings. The van der Waals surface area contributed by atoms with Gasteiger partial charge in [0, 0.05) is 7.05 Å². The maximum Gasteiger partial charge on any atom is 0.265 e. The minimum Gasteiger partial charge on any atom is -0.296 e. The lowest BCUT2D eigenvalue weighted by Crippen LogP contribution is -2.22. The molecule has 0 atom stereocenters. The lowest BCUT2D eigenvalue weighted by molar-refractivity contribution is -0.121. The van der Waals surface area contributed by atoms with Crippen molar-refractivity contribution < 1.29 is 4.79 Å². The number of hydrogen-bond donors (Lipinski definition) is 0. The summed E-state index contributed by atoms with van der Waals surface area (Å²) in [5, 5.41) is 0. The van der Waals surface area contributed by atoms with E-state index >= 15 is 0 Å². The van der Waals surface area contributed by atoms with Gasteiger partial charge in [-0.2, -0.15) is 0 Å². The average molecular weight is 311 g/mol. The minimum absolute atomic E-state index is 0.0304. The van der Waals surface area contributed by atoms with E-state index in [2.05, 4.69) is 24.3 Å². The second-order valence-electron chi connectivity index (χ2n) is 4.73. The molecule has 0 aromatic heterocycles. The summed E-state index contributed by atoms with van der Waals surface area (Å²) in [6.45, 7) is 0. The summed E-state index contributed by atoms with van der Waals surface area (Å²) in [5.74, 6) is -0.0304. The number of carbonyl (C=O) groups is 1. The second-order valence-corrected chi connectivity index (χ2v) is 6.40. The summed E-state index contributed by atoms with van der Waals surface area (Å²) in [6, 6.07) is 18.4. The highest BCUT2D eigenvalue weighted by atomic mass is 32.2. The summed E-state index contributed by atoms with van der Waals surface area (Å²) in [7, 11) is 1.71. The van der Waals surface area contributed by atoms with Crippen LogP contribution in [0.5, 0.6) is 0 Å². The molecular weight excluding hydrogens is 298 g/mol. The topological polar surface area (TPSA) is 20.3 Å². The van der Waals surface area contributed by atoms with E-state index in [1.165, 1.54) is 22.2 Å². The summed E-state index contributed by atoms with van der Waals surface area (Å²) < 4.78 is 0.604. The zero-order valence-electron chi connectivity index (χ0n) is 11.4. The fourth-order valence-electron chi connectivity index (χ4n) is 2.10. The fourth-order valence-corrected chi connectivity index (χ4v) is 3.28. The molecule has 1 amide bonds. The first-order chi connectivity index (χ1) is 10.1. The van der Waals surface area contributed by atoms with Crippen molar-refractivity contribution in [2.75, 3.05) is 7.05 Å². The Morgan fingerprint density at radius 2 is 1.62 bits per heavy atom. The van der Waals surface area contributed by atoms with Gasteiger partial charge in [-0.1, -0.05) is 78.6 Å². The third-order valence-corrected chi connectivity index (χ3v) is 4.79. The second kappa shape index (κ2) is 5.84. The van der Waals surface area contributed by atoms with E-state index in [9.17, 15) is 4.79 Å². The van der Waals surface area contributed by atoms with Gasteiger partial charge in [-0.05, 0) is 22.8 Å². The highest BCUT2D eigenvalue weighted by molar-refractivity contribution is 8.26. The Morgan fingerprint density at radius 1 is 1.00 bits per heavy atom. The van der Waals surface area contributed by atoms with E-state index in [0.717, 1.165) is 11.1 Å². The van der Waals surface area contributed by atoms with Crippen LogP contribution in [-0.2, 0) is 4.79 Å². The third kappa shape index (κ3) is 2.91. The van der Waals surface area contributed by atoms with Crippen molar-refractivity contribution >= 4 is 40.3 Å². The van der Waals surface area contributed by atoms with E-state index in [0.29, 0.717) is 9.23 Å². The Balaban J connectivity index is 1.86. The molecular formula is C17H13NOS2. The van der Waals surface area contributed by atoms with Crippen LogP contribution in [0.4, 0.5) is 0 Å². The van der Waals surface area contributed by atoms with Gasteiger partial charge < -0.3 is 0 Å². The van der Waals surface area contributed by atoms with Crippen LogP contribution in [0.2, 0.25) is 0 Å². The molecule has 0 unspecified atom stereocenters. The Hall–Kier alpha value is -1.91. The zero-order valence-corrected chi connectivity index (χ0v) is 13.1. The first kappa shape index (κ1) is 14.0. The molecule has 4 heteroatoms. The van der Waals surface area contributed by atoms with Gasteiger partial charge in [0.1, 0.15) is 4.32 Å². The van der Waals surface area contributed by atoms with Crippen LogP contribution >= 0.6 is 24.0 Å². The summed E-state index contributed by atoms with van der Waals surface area (Å²) in [5.41, 5.74) is 3.35. The lowest BCUT2D eigenvalue weighted by Gasteiger charge is -2.04. The average Bonchev–Trinajstić information content (AvgIpc) is 2.76. The maximum absolute atomic E-state index is 12.0. The van der Waals surface area contributed by atoms with Gasteiger partial charge in [-0.15, -0.1) is 0 Å². The zero-order chi connectivity index (χ0) is 14.8. The summed E-state index contributed by atoms with van der Waals surface area (Å²) in [6.07, 6.45) is 1.89.